The van der Waals surface area contributed by atoms with Gasteiger partial charge in [-0.1, -0.05) is 24.3 Å². The van der Waals surface area contributed by atoms with E-state index < -0.39 is 31.8 Å². The van der Waals surface area contributed by atoms with Crippen molar-refractivity contribution in [1.82, 2.24) is 0 Å². The van der Waals surface area contributed by atoms with Crippen molar-refractivity contribution in [2.45, 2.75) is 0 Å². The van der Waals surface area contributed by atoms with Crippen LogP contribution in [0.1, 0.15) is 0 Å². The van der Waals surface area contributed by atoms with Crippen molar-refractivity contribution in [2.24, 2.45) is 5.41 Å². The third-order valence-electron chi connectivity index (χ3n) is 2.28. The van der Waals surface area contributed by atoms with Crippen LogP contribution in [-0.2, 0) is 9.47 Å². The second-order valence-electron chi connectivity index (χ2n) is 4.36. The largest absolute Gasteiger partial charge is 0.396 e. The number of ether oxygens (including phenoxy) is 2. The first kappa shape index (κ1) is 26.6. The van der Waals surface area contributed by atoms with E-state index in [1.807, 2.05) is 0 Å². The van der Waals surface area contributed by atoms with Crippen molar-refractivity contribution in [3.8, 4) is 0 Å². The van der Waals surface area contributed by atoms with Crippen LogP contribution in [0.15, 0.2) is 50.6 Å². The lowest BCUT2D eigenvalue weighted by Gasteiger charge is -2.23. The van der Waals surface area contributed by atoms with Crippen LogP contribution in [-0.4, -0.2) is 73.3 Å². The normalized spacial score (nSPS) is 9.57. The first-order valence-corrected chi connectivity index (χ1v) is 7.10. The molecule has 23 heavy (non-hydrogen) atoms. The minimum absolute atomic E-state index is 0.406. The molecular formula is C17H32O6. The Morgan fingerprint density at radius 3 is 0.870 bits per heavy atom. The molecule has 0 aliphatic rings. The second kappa shape index (κ2) is 23.0. The summed E-state index contributed by atoms with van der Waals surface area (Å²) in [6.45, 7) is 14.7. The maximum absolute atomic E-state index is 8.50. The molecule has 136 valence electrons. The Morgan fingerprint density at radius 2 is 0.783 bits per heavy atom. The zero-order chi connectivity index (χ0) is 18.4. The van der Waals surface area contributed by atoms with Crippen molar-refractivity contribution in [1.29, 1.82) is 0 Å². The minimum atomic E-state index is -1.11. The smallest absolute Gasteiger partial charge is 0.0649 e. The van der Waals surface area contributed by atoms with Gasteiger partial charge in [-0.25, -0.2) is 0 Å². The van der Waals surface area contributed by atoms with Gasteiger partial charge < -0.3 is 29.9 Å². The lowest BCUT2D eigenvalue weighted by atomic mass is 9.93. The Kier molecular flexibility index (Phi) is 26.6. The molecule has 0 saturated carbocycles. The molecule has 0 aromatic carbocycles. The number of aliphatic hydroxyl groups is 4. The van der Waals surface area contributed by atoms with Gasteiger partial charge in [-0.3, -0.25) is 0 Å². The zero-order valence-corrected chi connectivity index (χ0v) is 13.9. The molecule has 6 nitrogen and oxygen atoms in total. The van der Waals surface area contributed by atoms with E-state index >= 15 is 0 Å². The highest BCUT2D eigenvalue weighted by atomic mass is 16.5. The van der Waals surface area contributed by atoms with Gasteiger partial charge in [0.1, 0.15) is 0 Å². The zero-order valence-electron chi connectivity index (χ0n) is 13.9. The van der Waals surface area contributed by atoms with Gasteiger partial charge in [0.15, 0.2) is 0 Å². The highest BCUT2D eigenvalue weighted by molar-refractivity contribution is 4.75. The Bertz CT molecular complexity index is 223. The molecule has 0 heterocycles. The Labute approximate surface area is 139 Å². The average Bonchev–Trinajstić information content (AvgIpc) is 2.60. The van der Waals surface area contributed by atoms with Crippen LogP contribution in [0, 0.1) is 5.41 Å². The summed E-state index contributed by atoms with van der Waals surface area (Å²) < 4.78 is 9.79. The number of hydrogen-bond donors (Lipinski definition) is 4. The second-order valence-corrected chi connectivity index (χ2v) is 4.36. The van der Waals surface area contributed by atoms with Crippen LogP contribution in [0.4, 0.5) is 0 Å². The number of aliphatic hydroxyl groups excluding tert-OH is 4. The van der Waals surface area contributed by atoms with Crippen molar-refractivity contribution in [2.75, 3.05) is 52.9 Å². The molecular weight excluding hydrogens is 300 g/mol. The topological polar surface area (TPSA) is 99.4 Å². The Morgan fingerprint density at radius 1 is 0.565 bits per heavy atom. The number of hydrogen-bond acceptors (Lipinski definition) is 6. The molecule has 0 bridgehead atoms. The van der Waals surface area contributed by atoms with Crippen LogP contribution in [0.3, 0.4) is 0 Å². The molecule has 0 aliphatic heterocycles. The summed E-state index contributed by atoms with van der Waals surface area (Å²) in [7, 11) is 0. The molecule has 0 fully saturated rings. The average molecular weight is 332 g/mol. The van der Waals surface area contributed by atoms with Crippen molar-refractivity contribution < 1.29 is 29.9 Å². The van der Waals surface area contributed by atoms with E-state index in [1.54, 1.807) is 24.3 Å². The van der Waals surface area contributed by atoms with E-state index in [2.05, 4.69) is 26.3 Å². The van der Waals surface area contributed by atoms with Crippen LogP contribution < -0.4 is 0 Å². The highest BCUT2D eigenvalue weighted by Gasteiger charge is 2.26. The summed E-state index contributed by atoms with van der Waals surface area (Å²) in [6.07, 6.45) is 6.85. The van der Waals surface area contributed by atoms with Crippen molar-refractivity contribution in [3.63, 3.8) is 0 Å². The van der Waals surface area contributed by atoms with Gasteiger partial charge in [-0.05, 0) is 0 Å². The van der Waals surface area contributed by atoms with Gasteiger partial charge in [0.25, 0.3) is 0 Å². The Hall–Kier alpha value is -1.28. The quantitative estimate of drug-likeness (QED) is 0.310. The first-order chi connectivity index (χ1) is 11.1. The lowest BCUT2D eigenvalue weighted by Crippen LogP contribution is -2.37. The lowest BCUT2D eigenvalue weighted by molar-refractivity contribution is -0.0328. The van der Waals surface area contributed by atoms with E-state index in [-0.39, 0.29) is 0 Å². The maximum atomic E-state index is 8.50. The van der Waals surface area contributed by atoms with Gasteiger partial charge in [0, 0.05) is 0 Å². The SMILES string of the molecule is C=CCOCC=C.C=CCOCC=C.OCC(CO)(CO)CO. The Balaban J connectivity index is -0.000000264. The maximum Gasteiger partial charge on any atom is 0.0649 e. The van der Waals surface area contributed by atoms with E-state index in [4.69, 9.17) is 29.9 Å². The summed E-state index contributed by atoms with van der Waals surface area (Å²) in [5, 5.41) is 34.0. The standard InChI is InChI=1S/2C6H10O.C5H12O4/c2*1-3-5-7-6-4-2;6-1-5(2-7,3-8)4-9/h2*3-4H,1-2,5-6H2;6-9H,1-4H2. The summed E-state index contributed by atoms with van der Waals surface area (Å²) in [5.41, 5.74) is -1.11. The molecule has 0 aromatic rings. The molecule has 0 unspecified atom stereocenters. The third kappa shape index (κ3) is 20.7. The van der Waals surface area contributed by atoms with Crippen LogP contribution in [0.25, 0.3) is 0 Å². The predicted octanol–water partition coefficient (Wildman–Crippen LogP) is 0.692. The van der Waals surface area contributed by atoms with E-state index in [1.165, 1.54) is 0 Å². The molecule has 0 spiro atoms. The molecule has 0 saturated heterocycles. The summed E-state index contributed by atoms with van der Waals surface area (Å²) in [6, 6.07) is 0. The molecule has 0 radical (unpaired) electrons. The van der Waals surface area contributed by atoms with Crippen LogP contribution in [0.2, 0.25) is 0 Å². The summed E-state index contributed by atoms with van der Waals surface area (Å²) in [5.74, 6) is 0. The van der Waals surface area contributed by atoms with E-state index in [0.29, 0.717) is 26.4 Å². The molecule has 0 amide bonds. The predicted molar refractivity (Wildman–Crippen MR) is 93.2 cm³/mol. The third-order valence-corrected chi connectivity index (χ3v) is 2.28. The highest BCUT2D eigenvalue weighted by Crippen LogP contribution is 2.11. The fraction of sp³-hybridized carbons (Fsp3) is 0.529. The molecule has 4 N–H and O–H groups in total. The fourth-order valence-corrected chi connectivity index (χ4v) is 0.769. The summed E-state index contributed by atoms with van der Waals surface area (Å²) >= 11 is 0. The molecule has 0 aliphatic carbocycles. The van der Waals surface area contributed by atoms with Gasteiger partial charge in [-0.2, -0.15) is 0 Å². The fourth-order valence-electron chi connectivity index (χ4n) is 0.769. The van der Waals surface area contributed by atoms with E-state index in [9.17, 15) is 0 Å². The van der Waals surface area contributed by atoms with Gasteiger partial charge in [0.05, 0.1) is 58.3 Å². The van der Waals surface area contributed by atoms with Crippen molar-refractivity contribution >= 4 is 0 Å². The van der Waals surface area contributed by atoms with Gasteiger partial charge in [-0.15, -0.1) is 26.3 Å². The first-order valence-electron chi connectivity index (χ1n) is 7.10. The van der Waals surface area contributed by atoms with Gasteiger partial charge in [0.2, 0.25) is 0 Å². The van der Waals surface area contributed by atoms with Crippen molar-refractivity contribution in [3.05, 3.63) is 50.6 Å². The summed E-state index contributed by atoms with van der Waals surface area (Å²) in [4.78, 5) is 0. The minimum Gasteiger partial charge on any atom is -0.396 e. The van der Waals surface area contributed by atoms with Gasteiger partial charge >= 0.3 is 0 Å². The molecule has 0 atom stereocenters. The van der Waals surface area contributed by atoms with Crippen LogP contribution in [0.5, 0.6) is 0 Å². The number of rotatable bonds is 12. The molecule has 0 aromatic heterocycles. The van der Waals surface area contributed by atoms with Crippen LogP contribution >= 0.6 is 0 Å². The molecule has 0 rings (SSSR count). The molecule has 6 heteroatoms. The monoisotopic (exact) mass is 332 g/mol. The van der Waals surface area contributed by atoms with E-state index in [0.717, 1.165) is 0 Å².